The van der Waals surface area contributed by atoms with Crippen molar-refractivity contribution in [2.45, 2.75) is 25.8 Å². The third-order valence-corrected chi connectivity index (χ3v) is 4.64. The number of anilines is 1. The summed E-state index contributed by atoms with van der Waals surface area (Å²) >= 11 is 0. The lowest BCUT2D eigenvalue weighted by Crippen LogP contribution is -2.54. The van der Waals surface area contributed by atoms with E-state index in [0.717, 1.165) is 0 Å². The Balaban J connectivity index is 1.73. The molecule has 2 saturated heterocycles. The standard InChI is InChI=1S/C17H20FN3O3/c1-12(22)19-8-10-20(11-9-19)17(24)15-6-7-16(23)21(15)14-4-2-13(18)3-5-14/h2-5,15H,6-11H2,1H3. The maximum absolute atomic E-state index is 13.1. The fourth-order valence-electron chi connectivity index (χ4n) is 3.30. The van der Waals surface area contributed by atoms with E-state index >= 15 is 0 Å². The zero-order valence-corrected chi connectivity index (χ0v) is 13.6. The number of hydrogen-bond acceptors (Lipinski definition) is 3. The Morgan fingerprint density at radius 3 is 2.21 bits per heavy atom. The molecule has 3 amide bonds. The minimum Gasteiger partial charge on any atom is -0.339 e. The van der Waals surface area contributed by atoms with Crippen LogP contribution in [0.4, 0.5) is 10.1 Å². The number of carbonyl (C=O) groups is 3. The van der Waals surface area contributed by atoms with Gasteiger partial charge in [-0.2, -0.15) is 0 Å². The highest BCUT2D eigenvalue weighted by Gasteiger charge is 2.39. The first-order valence-corrected chi connectivity index (χ1v) is 8.09. The summed E-state index contributed by atoms with van der Waals surface area (Å²) in [5.74, 6) is -0.601. The van der Waals surface area contributed by atoms with E-state index in [9.17, 15) is 18.8 Å². The predicted octanol–water partition coefficient (Wildman–Crippen LogP) is 1.01. The van der Waals surface area contributed by atoms with Crippen LogP contribution in [0.5, 0.6) is 0 Å². The highest BCUT2D eigenvalue weighted by Crippen LogP contribution is 2.28. The van der Waals surface area contributed by atoms with Crippen molar-refractivity contribution in [3.63, 3.8) is 0 Å². The van der Waals surface area contributed by atoms with Crippen LogP contribution in [0.2, 0.25) is 0 Å². The molecule has 7 heteroatoms. The second-order valence-electron chi connectivity index (χ2n) is 6.13. The number of hydrogen-bond donors (Lipinski definition) is 0. The van der Waals surface area contributed by atoms with Gasteiger partial charge in [0.25, 0.3) is 0 Å². The summed E-state index contributed by atoms with van der Waals surface area (Å²) in [5.41, 5.74) is 0.541. The fourth-order valence-corrected chi connectivity index (χ4v) is 3.30. The van der Waals surface area contributed by atoms with Crippen molar-refractivity contribution >= 4 is 23.4 Å². The predicted molar refractivity (Wildman–Crippen MR) is 85.7 cm³/mol. The fraction of sp³-hybridized carbons (Fsp3) is 0.471. The zero-order chi connectivity index (χ0) is 17.3. The Morgan fingerprint density at radius 2 is 1.62 bits per heavy atom. The summed E-state index contributed by atoms with van der Waals surface area (Å²) in [7, 11) is 0. The Bertz CT molecular complexity index is 654. The van der Waals surface area contributed by atoms with E-state index in [4.69, 9.17) is 0 Å². The maximum Gasteiger partial charge on any atom is 0.245 e. The molecule has 0 saturated carbocycles. The van der Waals surface area contributed by atoms with E-state index in [2.05, 4.69) is 0 Å². The van der Waals surface area contributed by atoms with Crippen molar-refractivity contribution in [2.24, 2.45) is 0 Å². The number of nitrogens with zero attached hydrogens (tertiary/aromatic N) is 3. The van der Waals surface area contributed by atoms with Crippen LogP contribution in [-0.2, 0) is 14.4 Å². The largest absolute Gasteiger partial charge is 0.339 e. The van der Waals surface area contributed by atoms with E-state index in [1.807, 2.05) is 0 Å². The highest BCUT2D eigenvalue weighted by atomic mass is 19.1. The monoisotopic (exact) mass is 333 g/mol. The van der Waals surface area contributed by atoms with Crippen LogP contribution in [0.1, 0.15) is 19.8 Å². The molecule has 2 aliphatic heterocycles. The lowest BCUT2D eigenvalue weighted by atomic mass is 10.1. The van der Waals surface area contributed by atoms with Crippen molar-refractivity contribution < 1.29 is 18.8 Å². The van der Waals surface area contributed by atoms with Gasteiger partial charge in [-0.05, 0) is 30.7 Å². The van der Waals surface area contributed by atoms with Gasteiger partial charge in [-0.3, -0.25) is 19.3 Å². The maximum atomic E-state index is 13.1. The molecule has 2 heterocycles. The zero-order valence-electron chi connectivity index (χ0n) is 13.6. The lowest BCUT2D eigenvalue weighted by molar-refractivity contribution is -0.139. The molecule has 1 aromatic rings. The average molecular weight is 333 g/mol. The molecule has 0 spiro atoms. The van der Waals surface area contributed by atoms with Crippen LogP contribution in [-0.4, -0.2) is 59.7 Å². The smallest absolute Gasteiger partial charge is 0.245 e. The molecule has 1 unspecified atom stereocenters. The van der Waals surface area contributed by atoms with Gasteiger partial charge >= 0.3 is 0 Å². The number of piperazine rings is 1. The number of rotatable bonds is 2. The number of benzene rings is 1. The average Bonchev–Trinajstić information content (AvgIpc) is 2.96. The Morgan fingerprint density at radius 1 is 1.04 bits per heavy atom. The van der Waals surface area contributed by atoms with Crippen molar-refractivity contribution in [1.82, 2.24) is 9.80 Å². The summed E-state index contributed by atoms with van der Waals surface area (Å²) < 4.78 is 13.1. The van der Waals surface area contributed by atoms with Gasteiger partial charge in [0, 0.05) is 45.2 Å². The molecule has 0 aromatic heterocycles. The van der Waals surface area contributed by atoms with Crippen LogP contribution in [0.25, 0.3) is 0 Å². The molecule has 0 radical (unpaired) electrons. The molecule has 1 atom stereocenters. The van der Waals surface area contributed by atoms with Crippen molar-refractivity contribution in [3.05, 3.63) is 30.1 Å². The Kier molecular flexibility index (Phi) is 4.51. The van der Waals surface area contributed by atoms with Crippen LogP contribution in [0.15, 0.2) is 24.3 Å². The number of amides is 3. The van der Waals surface area contributed by atoms with Gasteiger partial charge in [0.05, 0.1) is 0 Å². The first kappa shape index (κ1) is 16.4. The second-order valence-corrected chi connectivity index (χ2v) is 6.13. The third-order valence-electron chi connectivity index (χ3n) is 4.64. The number of carbonyl (C=O) groups excluding carboxylic acids is 3. The molecule has 0 bridgehead atoms. The first-order chi connectivity index (χ1) is 11.5. The van der Waals surface area contributed by atoms with E-state index in [0.29, 0.717) is 44.7 Å². The van der Waals surface area contributed by atoms with Gasteiger partial charge in [0.2, 0.25) is 17.7 Å². The number of halogens is 1. The SMILES string of the molecule is CC(=O)N1CCN(C(=O)C2CCC(=O)N2c2ccc(F)cc2)CC1. The van der Waals surface area contributed by atoms with Gasteiger partial charge in [-0.1, -0.05) is 0 Å². The van der Waals surface area contributed by atoms with Gasteiger partial charge in [0.15, 0.2) is 0 Å². The van der Waals surface area contributed by atoms with Crippen molar-refractivity contribution in [2.75, 3.05) is 31.1 Å². The van der Waals surface area contributed by atoms with Crippen LogP contribution in [0.3, 0.4) is 0 Å². The topological polar surface area (TPSA) is 60.9 Å². The van der Waals surface area contributed by atoms with Gasteiger partial charge < -0.3 is 9.80 Å². The van der Waals surface area contributed by atoms with Crippen LogP contribution < -0.4 is 4.90 Å². The molecule has 0 N–H and O–H groups in total. The molecule has 2 fully saturated rings. The second kappa shape index (κ2) is 6.59. The lowest BCUT2D eigenvalue weighted by Gasteiger charge is -2.37. The van der Waals surface area contributed by atoms with Gasteiger partial charge in [-0.15, -0.1) is 0 Å². The third kappa shape index (κ3) is 3.11. The van der Waals surface area contributed by atoms with Crippen molar-refractivity contribution in [1.29, 1.82) is 0 Å². The summed E-state index contributed by atoms with van der Waals surface area (Å²) in [5, 5.41) is 0. The Hall–Kier alpha value is -2.44. The summed E-state index contributed by atoms with van der Waals surface area (Å²) in [6, 6.07) is 5.06. The molecule has 2 aliphatic rings. The molecule has 0 aliphatic carbocycles. The molecule has 6 nitrogen and oxygen atoms in total. The molecule has 24 heavy (non-hydrogen) atoms. The van der Waals surface area contributed by atoms with E-state index in [1.54, 1.807) is 9.80 Å². The van der Waals surface area contributed by atoms with Crippen LogP contribution in [0, 0.1) is 5.82 Å². The molecule has 1 aromatic carbocycles. The minimum absolute atomic E-state index is 0.00563. The highest BCUT2D eigenvalue weighted by molar-refractivity contribution is 6.03. The first-order valence-electron chi connectivity index (χ1n) is 8.09. The van der Waals surface area contributed by atoms with E-state index < -0.39 is 6.04 Å². The van der Waals surface area contributed by atoms with E-state index in [1.165, 1.54) is 36.1 Å². The Labute approximate surface area is 139 Å². The van der Waals surface area contributed by atoms with Crippen LogP contribution >= 0.6 is 0 Å². The molecule has 128 valence electrons. The molecule has 3 rings (SSSR count). The minimum atomic E-state index is -0.549. The summed E-state index contributed by atoms with van der Waals surface area (Å²) in [6.07, 6.45) is 0.767. The molecular weight excluding hydrogens is 313 g/mol. The van der Waals surface area contributed by atoms with Crippen molar-refractivity contribution in [3.8, 4) is 0 Å². The normalized spacial score (nSPS) is 21.3. The quantitative estimate of drug-likeness (QED) is 0.812. The van der Waals surface area contributed by atoms with Gasteiger partial charge in [-0.25, -0.2) is 4.39 Å². The van der Waals surface area contributed by atoms with Gasteiger partial charge in [0.1, 0.15) is 11.9 Å². The summed E-state index contributed by atoms with van der Waals surface area (Å²) in [6.45, 7) is 3.49. The summed E-state index contributed by atoms with van der Waals surface area (Å²) in [4.78, 5) is 41.3. The van der Waals surface area contributed by atoms with E-state index in [-0.39, 0.29) is 23.5 Å². The molecular formula is C17H20FN3O3.